The van der Waals surface area contributed by atoms with Crippen LogP contribution in [0, 0.1) is 5.41 Å². The van der Waals surface area contributed by atoms with Crippen LogP contribution in [0.2, 0.25) is 0 Å². The molecule has 19 heavy (non-hydrogen) atoms. The molecule has 4 N–H and O–H groups in total. The van der Waals surface area contributed by atoms with Crippen molar-refractivity contribution in [2.45, 2.75) is 47.1 Å². The van der Waals surface area contributed by atoms with E-state index in [0.717, 1.165) is 18.0 Å². The first-order chi connectivity index (χ1) is 8.70. The summed E-state index contributed by atoms with van der Waals surface area (Å²) >= 11 is 1.24. The van der Waals surface area contributed by atoms with Crippen LogP contribution < -0.4 is 16.4 Å². The molecule has 0 bridgehead atoms. The van der Waals surface area contributed by atoms with Gasteiger partial charge in [0.2, 0.25) is 0 Å². The Morgan fingerprint density at radius 1 is 1.42 bits per heavy atom. The number of rotatable bonds is 5. The van der Waals surface area contributed by atoms with Crippen molar-refractivity contribution < 1.29 is 4.79 Å². The van der Waals surface area contributed by atoms with Crippen LogP contribution in [0.3, 0.4) is 0 Å². The minimum Gasteiger partial charge on any atom is -0.382 e. The van der Waals surface area contributed by atoms with Gasteiger partial charge in [0.15, 0.2) is 5.82 Å². The lowest BCUT2D eigenvalue weighted by Crippen LogP contribution is -2.31. The molecule has 1 aromatic rings. The number of anilines is 2. The summed E-state index contributed by atoms with van der Waals surface area (Å²) in [5, 5.41) is 6.85. The molecule has 1 amide bonds. The molecular formula is C13H24N4OS. The van der Waals surface area contributed by atoms with Crippen molar-refractivity contribution in [2.75, 3.05) is 17.6 Å². The Kier molecular flexibility index (Phi) is 5.17. The van der Waals surface area contributed by atoms with Crippen molar-refractivity contribution in [3.63, 3.8) is 0 Å². The van der Waals surface area contributed by atoms with Gasteiger partial charge in [-0.05, 0) is 37.2 Å². The number of aromatic nitrogens is 1. The summed E-state index contributed by atoms with van der Waals surface area (Å²) in [6, 6.07) is 0.0780. The molecule has 0 radical (unpaired) electrons. The van der Waals surface area contributed by atoms with Gasteiger partial charge in [-0.3, -0.25) is 4.79 Å². The van der Waals surface area contributed by atoms with Gasteiger partial charge in [0, 0.05) is 12.6 Å². The molecule has 0 fully saturated rings. The molecule has 0 aliphatic carbocycles. The highest BCUT2D eigenvalue weighted by atomic mass is 32.1. The molecule has 0 aliphatic heterocycles. The van der Waals surface area contributed by atoms with E-state index in [1.54, 1.807) is 0 Å². The standard InChI is InChI=1S/C13H24N4OS/c1-8(2)16-11(18)9-10(14)17-19-12(9)15-7-6-13(3,4)5/h8,15H,6-7H2,1-5H3,(H2,14,17)(H,16,18). The number of hydrogen-bond acceptors (Lipinski definition) is 5. The van der Waals surface area contributed by atoms with Crippen LogP contribution in [-0.4, -0.2) is 22.9 Å². The molecule has 1 rings (SSSR count). The second-order valence-corrected chi connectivity index (χ2v) is 6.91. The molecule has 0 saturated carbocycles. The number of nitrogens with zero attached hydrogens (tertiary/aromatic N) is 1. The first-order valence-electron chi connectivity index (χ1n) is 6.50. The Hall–Kier alpha value is -1.30. The largest absolute Gasteiger partial charge is 0.382 e. The smallest absolute Gasteiger partial charge is 0.258 e. The summed E-state index contributed by atoms with van der Waals surface area (Å²) in [5.41, 5.74) is 6.49. The third kappa shape index (κ3) is 5.06. The highest BCUT2D eigenvalue weighted by molar-refractivity contribution is 7.11. The zero-order valence-electron chi connectivity index (χ0n) is 12.3. The number of hydrogen-bond donors (Lipinski definition) is 3. The van der Waals surface area contributed by atoms with E-state index in [0.29, 0.717) is 11.4 Å². The Balaban J connectivity index is 2.72. The molecule has 1 aromatic heterocycles. The van der Waals surface area contributed by atoms with Crippen LogP contribution in [0.1, 0.15) is 51.4 Å². The van der Waals surface area contributed by atoms with E-state index in [1.165, 1.54) is 11.5 Å². The lowest BCUT2D eigenvalue weighted by Gasteiger charge is -2.18. The molecule has 0 unspecified atom stereocenters. The van der Waals surface area contributed by atoms with Crippen molar-refractivity contribution >= 4 is 28.3 Å². The highest BCUT2D eigenvalue weighted by Gasteiger charge is 2.20. The molecule has 0 aromatic carbocycles. The van der Waals surface area contributed by atoms with E-state index < -0.39 is 0 Å². The fourth-order valence-corrected chi connectivity index (χ4v) is 2.26. The predicted octanol–water partition coefficient (Wildman–Crippen LogP) is 2.71. The summed E-state index contributed by atoms with van der Waals surface area (Å²) in [7, 11) is 0. The van der Waals surface area contributed by atoms with Crippen molar-refractivity contribution in [3.05, 3.63) is 5.56 Å². The first kappa shape index (κ1) is 15.8. The minimum atomic E-state index is -0.167. The van der Waals surface area contributed by atoms with Crippen LogP contribution in [0.5, 0.6) is 0 Å². The van der Waals surface area contributed by atoms with E-state index in [9.17, 15) is 4.79 Å². The van der Waals surface area contributed by atoms with Crippen LogP contribution in [-0.2, 0) is 0 Å². The van der Waals surface area contributed by atoms with Crippen molar-refractivity contribution in [1.82, 2.24) is 9.69 Å². The fraction of sp³-hybridized carbons (Fsp3) is 0.692. The molecule has 1 heterocycles. The average molecular weight is 284 g/mol. The van der Waals surface area contributed by atoms with Gasteiger partial charge in [0.05, 0.1) is 0 Å². The fourth-order valence-electron chi connectivity index (χ4n) is 1.53. The molecule has 0 atom stereocenters. The number of nitrogens with two attached hydrogens (primary N) is 1. The van der Waals surface area contributed by atoms with Gasteiger partial charge in [0.25, 0.3) is 5.91 Å². The molecule has 0 saturated heterocycles. The van der Waals surface area contributed by atoms with Crippen molar-refractivity contribution in [2.24, 2.45) is 5.41 Å². The summed E-state index contributed by atoms with van der Waals surface area (Å²) in [5.74, 6) is 0.126. The monoisotopic (exact) mass is 284 g/mol. The van der Waals surface area contributed by atoms with Crippen LogP contribution >= 0.6 is 11.5 Å². The summed E-state index contributed by atoms with van der Waals surface area (Å²) in [6.45, 7) is 11.2. The van der Waals surface area contributed by atoms with E-state index in [-0.39, 0.29) is 17.4 Å². The summed E-state index contributed by atoms with van der Waals surface area (Å²) in [4.78, 5) is 12.1. The minimum absolute atomic E-state index is 0.0780. The highest BCUT2D eigenvalue weighted by Crippen LogP contribution is 2.27. The second kappa shape index (κ2) is 6.23. The van der Waals surface area contributed by atoms with Gasteiger partial charge in [-0.15, -0.1) is 0 Å². The van der Waals surface area contributed by atoms with Crippen LogP contribution in [0.25, 0.3) is 0 Å². The predicted molar refractivity (Wildman–Crippen MR) is 81.7 cm³/mol. The van der Waals surface area contributed by atoms with Crippen LogP contribution in [0.15, 0.2) is 0 Å². The topological polar surface area (TPSA) is 80.0 Å². The number of amides is 1. The normalized spacial score (nSPS) is 11.7. The number of carbonyl (C=O) groups is 1. The second-order valence-electron chi connectivity index (χ2n) is 6.14. The van der Waals surface area contributed by atoms with Gasteiger partial charge in [0.1, 0.15) is 10.6 Å². The Morgan fingerprint density at radius 2 is 2.05 bits per heavy atom. The maximum atomic E-state index is 12.1. The first-order valence-corrected chi connectivity index (χ1v) is 7.28. The molecule has 0 spiro atoms. The van der Waals surface area contributed by atoms with E-state index in [1.807, 2.05) is 13.8 Å². The zero-order valence-corrected chi connectivity index (χ0v) is 13.1. The molecule has 108 valence electrons. The molecule has 5 nitrogen and oxygen atoms in total. The van der Waals surface area contributed by atoms with Gasteiger partial charge in [-0.1, -0.05) is 20.8 Å². The van der Waals surface area contributed by atoms with Gasteiger partial charge in [-0.2, -0.15) is 4.37 Å². The number of nitrogens with one attached hydrogen (secondary N) is 2. The Bertz CT molecular complexity index is 434. The molecular weight excluding hydrogens is 260 g/mol. The third-order valence-corrected chi connectivity index (χ3v) is 3.34. The van der Waals surface area contributed by atoms with Gasteiger partial charge >= 0.3 is 0 Å². The average Bonchev–Trinajstić information content (AvgIpc) is 2.57. The molecule has 6 heteroatoms. The molecule has 0 aliphatic rings. The third-order valence-electron chi connectivity index (χ3n) is 2.53. The summed E-state index contributed by atoms with van der Waals surface area (Å²) in [6.07, 6.45) is 1.01. The lowest BCUT2D eigenvalue weighted by molar-refractivity contribution is 0.0945. The Morgan fingerprint density at radius 3 is 2.58 bits per heavy atom. The zero-order chi connectivity index (χ0) is 14.6. The van der Waals surface area contributed by atoms with Gasteiger partial charge in [-0.25, -0.2) is 0 Å². The number of nitrogen functional groups attached to an aromatic ring is 1. The maximum absolute atomic E-state index is 12.1. The summed E-state index contributed by atoms with van der Waals surface area (Å²) < 4.78 is 4.06. The van der Waals surface area contributed by atoms with E-state index >= 15 is 0 Å². The Labute approximate surface area is 119 Å². The van der Waals surface area contributed by atoms with E-state index in [4.69, 9.17) is 5.73 Å². The maximum Gasteiger partial charge on any atom is 0.258 e. The van der Waals surface area contributed by atoms with Crippen LogP contribution in [0.4, 0.5) is 10.8 Å². The lowest BCUT2D eigenvalue weighted by atomic mass is 9.92. The number of carbonyl (C=O) groups excluding carboxylic acids is 1. The quantitative estimate of drug-likeness (QED) is 0.776. The van der Waals surface area contributed by atoms with Gasteiger partial charge < -0.3 is 16.4 Å². The van der Waals surface area contributed by atoms with E-state index in [2.05, 4.69) is 35.8 Å². The SMILES string of the molecule is CC(C)NC(=O)c1c(N)nsc1NCCC(C)(C)C. The van der Waals surface area contributed by atoms with Crippen molar-refractivity contribution in [1.29, 1.82) is 0 Å². The van der Waals surface area contributed by atoms with Crippen molar-refractivity contribution in [3.8, 4) is 0 Å².